The third-order valence-electron chi connectivity index (χ3n) is 5.22. The average Bonchev–Trinajstić information content (AvgIpc) is 3.26. The number of anilines is 2. The number of carbonyl (C=O) groups is 2. The van der Waals surface area contributed by atoms with Gasteiger partial charge in [0.15, 0.2) is 0 Å². The van der Waals surface area contributed by atoms with Crippen LogP contribution in [-0.2, 0) is 16.1 Å². The zero-order valence-electron chi connectivity index (χ0n) is 19.6. The molecule has 7 nitrogen and oxygen atoms in total. The van der Waals surface area contributed by atoms with E-state index in [1.165, 1.54) is 20.1 Å². The maximum Gasteiger partial charge on any atom is 0.248 e. The van der Waals surface area contributed by atoms with Crippen molar-refractivity contribution in [3.8, 4) is 17.0 Å². The number of rotatable bonds is 8. The smallest absolute Gasteiger partial charge is 0.248 e. The maximum absolute atomic E-state index is 12.8. The van der Waals surface area contributed by atoms with Crippen molar-refractivity contribution in [3.05, 3.63) is 102 Å². The molecule has 4 rings (SSSR count). The molecular weight excluding hydrogens is 440 g/mol. The Morgan fingerprint density at radius 1 is 0.971 bits per heavy atom. The maximum atomic E-state index is 12.8. The molecule has 0 unspecified atom stereocenters. The molecule has 0 aliphatic heterocycles. The van der Waals surface area contributed by atoms with Gasteiger partial charge in [-0.1, -0.05) is 60.7 Å². The van der Waals surface area contributed by atoms with Crippen LogP contribution in [0.4, 0.5) is 11.4 Å². The predicted molar refractivity (Wildman–Crippen MR) is 138 cm³/mol. The summed E-state index contributed by atoms with van der Waals surface area (Å²) >= 11 is 0. The van der Waals surface area contributed by atoms with Gasteiger partial charge >= 0.3 is 0 Å². The van der Waals surface area contributed by atoms with Gasteiger partial charge in [0.2, 0.25) is 11.8 Å². The summed E-state index contributed by atoms with van der Waals surface area (Å²) in [6.45, 7) is 2.04. The van der Waals surface area contributed by atoms with E-state index < -0.39 is 0 Å². The number of benzene rings is 3. The first-order chi connectivity index (χ1) is 17.0. The fourth-order valence-corrected chi connectivity index (χ4v) is 3.66. The number of carbonyl (C=O) groups excluding carboxylic acids is 2. The van der Waals surface area contributed by atoms with Gasteiger partial charge in [-0.3, -0.25) is 14.3 Å². The van der Waals surface area contributed by atoms with Crippen molar-refractivity contribution >= 4 is 29.3 Å². The molecule has 0 saturated carbocycles. The average molecular weight is 467 g/mol. The minimum absolute atomic E-state index is 0.201. The molecule has 1 heterocycles. The fourth-order valence-electron chi connectivity index (χ4n) is 3.66. The second-order valence-electron chi connectivity index (χ2n) is 7.90. The van der Waals surface area contributed by atoms with E-state index in [-0.39, 0.29) is 11.8 Å². The lowest BCUT2D eigenvalue weighted by molar-refractivity contribution is -0.114. The summed E-state index contributed by atoms with van der Waals surface area (Å²) in [5.41, 5.74) is 4.72. The number of ether oxygens (including phenoxy) is 1. The molecule has 0 saturated heterocycles. The Morgan fingerprint density at radius 3 is 2.37 bits per heavy atom. The highest BCUT2D eigenvalue weighted by atomic mass is 16.5. The van der Waals surface area contributed by atoms with E-state index in [4.69, 9.17) is 9.84 Å². The molecule has 0 fully saturated rings. The van der Waals surface area contributed by atoms with Crippen molar-refractivity contribution < 1.29 is 14.3 Å². The Hall–Kier alpha value is -4.65. The molecule has 176 valence electrons. The number of amides is 2. The molecule has 1 aromatic heterocycles. The third kappa shape index (κ3) is 6.23. The minimum atomic E-state index is -0.335. The van der Waals surface area contributed by atoms with Gasteiger partial charge in [-0.05, 0) is 29.8 Å². The number of hydrogen-bond donors (Lipinski definition) is 2. The molecule has 0 radical (unpaired) electrons. The summed E-state index contributed by atoms with van der Waals surface area (Å²) in [6, 6.07) is 25.0. The first-order valence-corrected chi connectivity index (χ1v) is 11.1. The molecule has 0 aliphatic rings. The largest absolute Gasteiger partial charge is 0.495 e. The van der Waals surface area contributed by atoms with E-state index in [1.54, 1.807) is 24.3 Å². The highest BCUT2D eigenvalue weighted by molar-refractivity contribution is 6.03. The van der Waals surface area contributed by atoms with Crippen LogP contribution in [0.5, 0.6) is 5.75 Å². The van der Waals surface area contributed by atoms with Crippen LogP contribution in [0.15, 0.2) is 91.1 Å². The standard InChI is InChI=1S/C28H26N4O3/c1-20(33)29-24-14-15-26(35-2)25(17-24)30-27(34)16-13-23-19-32(18-21-9-5-3-6-10-21)31-28(23)22-11-7-4-8-12-22/h3-17,19H,18H2,1-2H3,(H,29,33)(H,30,34)/b16-13+. The Balaban J connectivity index is 1.58. The second kappa shape index (κ2) is 11.0. The molecule has 0 bridgehead atoms. The van der Waals surface area contributed by atoms with Crippen molar-refractivity contribution in [2.24, 2.45) is 0 Å². The van der Waals surface area contributed by atoms with Gasteiger partial charge in [0.1, 0.15) is 5.75 Å². The van der Waals surface area contributed by atoms with E-state index >= 15 is 0 Å². The molecule has 0 spiro atoms. The van der Waals surface area contributed by atoms with Crippen LogP contribution in [0.1, 0.15) is 18.1 Å². The number of aromatic nitrogens is 2. The molecule has 0 atom stereocenters. The summed E-state index contributed by atoms with van der Waals surface area (Å²) < 4.78 is 7.21. The highest BCUT2D eigenvalue weighted by Crippen LogP contribution is 2.28. The van der Waals surface area contributed by atoms with Gasteiger partial charge in [-0.25, -0.2) is 0 Å². The van der Waals surface area contributed by atoms with E-state index in [9.17, 15) is 9.59 Å². The monoisotopic (exact) mass is 466 g/mol. The zero-order valence-corrected chi connectivity index (χ0v) is 19.6. The fraction of sp³-hybridized carbons (Fsp3) is 0.107. The van der Waals surface area contributed by atoms with Gasteiger partial charge in [-0.2, -0.15) is 5.10 Å². The summed E-state index contributed by atoms with van der Waals surface area (Å²) in [4.78, 5) is 24.1. The number of hydrogen-bond acceptors (Lipinski definition) is 4. The van der Waals surface area contributed by atoms with Gasteiger partial charge in [0.25, 0.3) is 0 Å². The van der Waals surface area contributed by atoms with Crippen LogP contribution in [0, 0.1) is 0 Å². The Bertz CT molecular complexity index is 1350. The lowest BCUT2D eigenvalue weighted by atomic mass is 10.1. The molecule has 0 aliphatic carbocycles. The topological polar surface area (TPSA) is 85.3 Å². The molecule has 4 aromatic rings. The molecular formula is C28H26N4O3. The molecule has 3 aromatic carbocycles. The number of nitrogens with zero attached hydrogens (tertiary/aromatic N) is 2. The van der Waals surface area contributed by atoms with Gasteiger partial charge < -0.3 is 15.4 Å². The van der Waals surface area contributed by atoms with Crippen LogP contribution in [0.2, 0.25) is 0 Å². The Labute approximate surface area is 204 Å². The SMILES string of the molecule is COc1ccc(NC(C)=O)cc1NC(=O)/C=C/c1cn(Cc2ccccc2)nc1-c1ccccc1. The first-order valence-electron chi connectivity index (χ1n) is 11.1. The normalized spacial score (nSPS) is 10.8. The Morgan fingerprint density at radius 2 is 1.69 bits per heavy atom. The predicted octanol–water partition coefficient (Wildman–Crippen LogP) is 5.22. The van der Waals surface area contributed by atoms with Gasteiger partial charge in [0.05, 0.1) is 25.0 Å². The lowest BCUT2D eigenvalue weighted by Crippen LogP contribution is -2.10. The second-order valence-corrected chi connectivity index (χ2v) is 7.90. The highest BCUT2D eigenvalue weighted by Gasteiger charge is 2.11. The van der Waals surface area contributed by atoms with Crippen LogP contribution < -0.4 is 15.4 Å². The number of nitrogens with one attached hydrogen (secondary N) is 2. The van der Waals surface area contributed by atoms with Crippen molar-refractivity contribution in [2.45, 2.75) is 13.5 Å². The zero-order chi connectivity index (χ0) is 24.6. The van der Waals surface area contributed by atoms with E-state index in [0.29, 0.717) is 23.7 Å². The minimum Gasteiger partial charge on any atom is -0.495 e. The van der Waals surface area contributed by atoms with Gasteiger partial charge in [-0.15, -0.1) is 0 Å². The van der Waals surface area contributed by atoms with Crippen molar-refractivity contribution in [2.75, 3.05) is 17.7 Å². The third-order valence-corrected chi connectivity index (χ3v) is 5.22. The van der Waals surface area contributed by atoms with Crippen molar-refractivity contribution in [1.82, 2.24) is 9.78 Å². The lowest BCUT2D eigenvalue weighted by Gasteiger charge is -2.11. The van der Waals surface area contributed by atoms with E-state index in [0.717, 1.165) is 22.4 Å². The van der Waals surface area contributed by atoms with E-state index in [2.05, 4.69) is 22.8 Å². The van der Waals surface area contributed by atoms with Crippen molar-refractivity contribution in [1.29, 1.82) is 0 Å². The van der Waals surface area contributed by atoms with Crippen LogP contribution >= 0.6 is 0 Å². The van der Waals surface area contributed by atoms with Crippen LogP contribution in [0.3, 0.4) is 0 Å². The quantitative estimate of drug-likeness (QED) is 0.349. The summed E-state index contributed by atoms with van der Waals surface area (Å²) in [6.07, 6.45) is 5.13. The van der Waals surface area contributed by atoms with E-state index in [1.807, 2.05) is 59.4 Å². The molecule has 7 heteroatoms. The van der Waals surface area contributed by atoms with Crippen LogP contribution in [0.25, 0.3) is 17.3 Å². The van der Waals surface area contributed by atoms with Crippen LogP contribution in [-0.4, -0.2) is 28.7 Å². The first kappa shape index (κ1) is 23.5. The number of methoxy groups -OCH3 is 1. The molecule has 2 N–H and O–H groups in total. The Kier molecular flexibility index (Phi) is 7.37. The van der Waals surface area contributed by atoms with Gasteiger partial charge in [0, 0.05) is 36.0 Å². The van der Waals surface area contributed by atoms with Crippen molar-refractivity contribution in [3.63, 3.8) is 0 Å². The molecule has 35 heavy (non-hydrogen) atoms. The summed E-state index contributed by atoms with van der Waals surface area (Å²) in [5.74, 6) is -0.0482. The summed E-state index contributed by atoms with van der Waals surface area (Å²) in [7, 11) is 1.52. The molecule has 2 amide bonds. The summed E-state index contributed by atoms with van der Waals surface area (Å²) in [5, 5.41) is 10.3.